The normalized spacial score (nSPS) is 12.9. The summed E-state index contributed by atoms with van der Waals surface area (Å²) in [4.78, 5) is 22.0. The largest absolute Gasteiger partial charge is 0.324 e. The number of nitrogens with one attached hydrogen (secondary N) is 1. The molecule has 6 nitrogen and oxygen atoms in total. The van der Waals surface area contributed by atoms with Gasteiger partial charge in [-0.15, -0.1) is 0 Å². The first-order valence-electron chi connectivity index (χ1n) is 5.63. The van der Waals surface area contributed by atoms with E-state index in [1.54, 1.807) is 0 Å². The standard InChI is InChI=1S/C12H16ClN3O3/c1-12(2,3)10(14)11(17)15-7-4-5-8(13)9(6-7)16(18)19/h4-6,10H,14H2,1-3H3,(H,15,17). The minimum Gasteiger partial charge on any atom is -0.324 e. The van der Waals surface area contributed by atoms with E-state index < -0.39 is 22.3 Å². The van der Waals surface area contributed by atoms with Crippen LogP contribution in [0.15, 0.2) is 18.2 Å². The van der Waals surface area contributed by atoms with E-state index in [-0.39, 0.29) is 10.7 Å². The van der Waals surface area contributed by atoms with Crippen LogP contribution in [0.2, 0.25) is 5.02 Å². The predicted molar refractivity (Wildman–Crippen MR) is 74.2 cm³/mol. The topological polar surface area (TPSA) is 98.3 Å². The van der Waals surface area contributed by atoms with E-state index in [9.17, 15) is 14.9 Å². The van der Waals surface area contributed by atoms with Gasteiger partial charge in [0.15, 0.2) is 0 Å². The maximum absolute atomic E-state index is 11.9. The van der Waals surface area contributed by atoms with Gasteiger partial charge in [0.1, 0.15) is 5.02 Å². The molecule has 104 valence electrons. The summed E-state index contributed by atoms with van der Waals surface area (Å²) >= 11 is 5.68. The van der Waals surface area contributed by atoms with E-state index in [0.29, 0.717) is 5.69 Å². The summed E-state index contributed by atoms with van der Waals surface area (Å²) in [5, 5.41) is 13.3. The van der Waals surface area contributed by atoms with Crippen LogP contribution in [0.5, 0.6) is 0 Å². The number of nitrogens with zero attached hydrogens (tertiary/aromatic N) is 1. The molecule has 3 N–H and O–H groups in total. The molecule has 0 radical (unpaired) electrons. The molecule has 1 unspecified atom stereocenters. The van der Waals surface area contributed by atoms with E-state index in [2.05, 4.69) is 5.32 Å². The second kappa shape index (κ2) is 5.54. The van der Waals surface area contributed by atoms with E-state index in [4.69, 9.17) is 17.3 Å². The number of amides is 1. The zero-order valence-corrected chi connectivity index (χ0v) is 11.7. The van der Waals surface area contributed by atoms with E-state index in [1.165, 1.54) is 18.2 Å². The monoisotopic (exact) mass is 285 g/mol. The van der Waals surface area contributed by atoms with Crippen LogP contribution in [0.25, 0.3) is 0 Å². The zero-order chi connectivity index (χ0) is 14.8. The Morgan fingerprint density at radius 1 is 1.47 bits per heavy atom. The SMILES string of the molecule is CC(C)(C)C(N)C(=O)Nc1ccc(Cl)c([N+](=O)[O-])c1. The second-order valence-electron chi connectivity index (χ2n) is 5.26. The second-order valence-corrected chi connectivity index (χ2v) is 5.66. The van der Waals surface area contributed by atoms with Gasteiger partial charge in [0.25, 0.3) is 5.69 Å². The van der Waals surface area contributed by atoms with Crippen molar-refractivity contribution in [2.24, 2.45) is 11.1 Å². The Bertz CT molecular complexity index is 511. The number of nitro benzene ring substituents is 1. The molecule has 1 rings (SSSR count). The Morgan fingerprint density at radius 3 is 2.53 bits per heavy atom. The maximum Gasteiger partial charge on any atom is 0.289 e. The average Bonchev–Trinajstić information content (AvgIpc) is 2.29. The van der Waals surface area contributed by atoms with Crippen molar-refractivity contribution in [2.75, 3.05) is 5.32 Å². The lowest BCUT2D eigenvalue weighted by Crippen LogP contribution is -2.45. The number of rotatable bonds is 3. The van der Waals surface area contributed by atoms with Crippen molar-refractivity contribution in [1.82, 2.24) is 0 Å². The molecule has 0 aliphatic rings. The molecule has 0 saturated carbocycles. The predicted octanol–water partition coefficient (Wildman–Crippen LogP) is 2.56. The number of hydrogen-bond donors (Lipinski definition) is 2. The highest BCUT2D eigenvalue weighted by Crippen LogP contribution is 2.28. The number of nitro groups is 1. The highest BCUT2D eigenvalue weighted by atomic mass is 35.5. The van der Waals surface area contributed by atoms with Crippen LogP contribution < -0.4 is 11.1 Å². The zero-order valence-electron chi connectivity index (χ0n) is 10.9. The number of halogens is 1. The fraction of sp³-hybridized carbons (Fsp3) is 0.417. The van der Waals surface area contributed by atoms with Gasteiger partial charge >= 0.3 is 0 Å². The quantitative estimate of drug-likeness (QED) is 0.658. The number of benzene rings is 1. The molecule has 1 amide bonds. The lowest BCUT2D eigenvalue weighted by Gasteiger charge is -2.25. The highest BCUT2D eigenvalue weighted by Gasteiger charge is 2.27. The molecule has 0 spiro atoms. The number of carbonyl (C=O) groups excluding carboxylic acids is 1. The third kappa shape index (κ3) is 3.90. The van der Waals surface area contributed by atoms with Gasteiger partial charge < -0.3 is 11.1 Å². The first kappa shape index (κ1) is 15.4. The summed E-state index contributed by atoms with van der Waals surface area (Å²) in [6.07, 6.45) is 0. The van der Waals surface area contributed by atoms with E-state index >= 15 is 0 Å². The lowest BCUT2D eigenvalue weighted by molar-refractivity contribution is -0.384. The molecule has 0 bridgehead atoms. The molecular weight excluding hydrogens is 270 g/mol. The number of nitrogens with two attached hydrogens (primary N) is 1. The summed E-state index contributed by atoms with van der Waals surface area (Å²) in [6, 6.07) is 3.33. The highest BCUT2D eigenvalue weighted by molar-refractivity contribution is 6.32. The fourth-order valence-corrected chi connectivity index (χ4v) is 1.53. The van der Waals surface area contributed by atoms with Crippen LogP contribution in [0.1, 0.15) is 20.8 Å². The molecule has 0 heterocycles. The van der Waals surface area contributed by atoms with Gasteiger partial charge in [-0.2, -0.15) is 0 Å². The van der Waals surface area contributed by atoms with Crippen LogP contribution in [0.3, 0.4) is 0 Å². The minimum absolute atomic E-state index is 0.0168. The van der Waals surface area contributed by atoms with Crippen molar-refractivity contribution >= 4 is 28.9 Å². The van der Waals surface area contributed by atoms with Gasteiger partial charge in [-0.25, -0.2) is 0 Å². The van der Waals surface area contributed by atoms with Crippen molar-refractivity contribution < 1.29 is 9.72 Å². The van der Waals surface area contributed by atoms with Crippen LogP contribution in [-0.4, -0.2) is 16.9 Å². The van der Waals surface area contributed by atoms with E-state index in [1.807, 2.05) is 20.8 Å². The number of anilines is 1. The van der Waals surface area contributed by atoms with Crippen LogP contribution in [0.4, 0.5) is 11.4 Å². The number of hydrogen-bond acceptors (Lipinski definition) is 4. The molecule has 0 saturated heterocycles. The molecule has 1 aromatic rings. The Hall–Kier alpha value is -1.66. The van der Waals surface area contributed by atoms with Gasteiger partial charge in [0, 0.05) is 11.8 Å². The average molecular weight is 286 g/mol. The Kier molecular flexibility index (Phi) is 4.49. The molecular formula is C12H16ClN3O3. The van der Waals surface area contributed by atoms with Crippen molar-refractivity contribution in [3.8, 4) is 0 Å². The summed E-state index contributed by atoms with van der Waals surface area (Å²) in [5.74, 6) is -0.399. The Balaban J connectivity index is 2.92. The van der Waals surface area contributed by atoms with E-state index in [0.717, 1.165) is 0 Å². The van der Waals surface area contributed by atoms with Crippen LogP contribution in [0, 0.1) is 15.5 Å². The smallest absolute Gasteiger partial charge is 0.289 e. The van der Waals surface area contributed by atoms with Crippen LogP contribution in [-0.2, 0) is 4.79 Å². The van der Waals surface area contributed by atoms with Crippen molar-refractivity contribution in [3.05, 3.63) is 33.3 Å². The molecule has 7 heteroatoms. The minimum atomic E-state index is -0.720. The molecule has 1 aromatic carbocycles. The van der Waals surface area contributed by atoms with Gasteiger partial charge in [-0.05, 0) is 17.5 Å². The first-order valence-corrected chi connectivity index (χ1v) is 6.01. The Labute approximate surface area is 116 Å². The Morgan fingerprint density at radius 2 is 2.05 bits per heavy atom. The molecule has 0 aliphatic heterocycles. The third-order valence-corrected chi connectivity index (χ3v) is 2.95. The molecule has 19 heavy (non-hydrogen) atoms. The molecule has 0 aliphatic carbocycles. The summed E-state index contributed by atoms with van der Waals surface area (Å²) in [7, 11) is 0. The summed E-state index contributed by atoms with van der Waals surface area (Å²) < 4.78 is 0. The molecule has 0 fully saturated rings. The molecule has 1 atom stereocenters. The van der Waals surface area contributed by atoms with Crippen molar-refractivity contribution in [2.45, 2.75) is 26.8 Å². The third-order valence-electron chi connectivity index (χ3n) is 2.63. The number of carbonyl (C=O) groups is 1. The van der Waals surface area contributed by atoms with Crippen molar-refractivity contribution in [3.63, 3.8) is 0 Å². The fourth-order valence-electron chi connectivity index (χ4n) is 1.34. The van der Waals surface area contributed by atoms with Gasteiger partial charge in [-0.1, -0.05) is 32.4 Å². The van der Waals surface area contributed by atoms with Gasteiger partial charge in [0.2, 0.25) is 5.91 Å². The molecule has 0 aromatic heterocycles. The maximum atomic E-state index is 11.9. The van der Waals surface area contributed by atoms with Gasteiger partial charge in [-0.3, -0.25) is 14.9 Å². The summed E-state index contributed by atoms with van der Waals surface area (Å²) in [6.45, 7) is 5.50. The van der Waals surface area contributed by atoms with Crippen LogP contribution >= 0.6 is 11.6 Å². The summed E-state index contributed by atoms with van der Waals surface area (Å²) in [5.41, 5.74) is 5.43. The van der Waals surface area contributed by atoms with Gasteiger partial charge in [0.05, 0.1) is 11.0 Å². The van der Waals surface area contributed by atoms with Crippen molar-refractivity contribution in [1.29, 1.82) is 0 Å². The lowest BCUT2D eigenvalue weighted by atomic mass is 9.87. The first-order chi connectivity index (χ1) is 8.62.